The smallest absolute Gasteiger partial charge is 0.304 e. The molecule has 10 atom stereocenters. The Morgan fingerprint density at radius 2 is 1.73 bits per heavy atom. The van der Waals surface area contributed by atoms with E-state index in [2.05, 4.69) is 54.5 Å². The number of carbonyl (C=O) groups is 2. The molecule has 0 aromatic carbocycles. The number of Topliss-reactive ketones (excluding diaryl/α,β-unsaturated/α-hetero) is 1. The number of ketones is 1. The van der Waals surface area contributed by atoms with Gasteiger partial charge in [0.05, 0.1) is 11.7 Å². The summed E-state index contributed by atoms with van der Waals surface area (Å²) in [5.74, 6) is 1.84. The Labute approximate surface area is 223 Å². The first-order chi connectivity index (χ1) is 17.1. The van der Waals surface area contributed by atoms with Crippen molar-refractivity contribution in [3.05, 3.63) is 11.6 Å². The number of hydrogen-bond donors (Lipinski definition) is 0. The highest BCUT2D eigenvalue weighted by Gasteiger charge is 2.68. The maximum atomic E-state index is 12.9. The van der Waals surface area contributed by atoms with Crippen molar-refractivity contribution in [1.29, 1.82) is 0 Å². The Kier molecular flexibility index (Phi) is 5.58. The molecule has 5 fully saturated rings. The molecule has 0 bridgehead atoms. The third-order valence-corrected chi connectivity index (χ3v) is 13.0. The molecule has 0 N–H and O–H groups in total. The number of esters is 1. The van der Waals surface area contributed by atoms with Gasteiger partial charge in [0.2, 0.25) is 6.29 Å². The van der Waals surface area contributed by atoms with E-state index in [0.29, 0.717) is 23.5 Å². The van der Waals surface area contributed by atoms with Crippen molar-refractivity contribution in [1.82, 2.24) is 0 Å². The van der Waals surface area contributed by atoms with Gasteiger partial charge in [-0.3, -0.25) is 9.59 Å². The van der Waals surface area contributed by atoms with Gasteiger partial charge in [0.15, 0.2) is 0 Å². The van der Waals surface area contributed by atoms with Crippen molar-refractivity contribution < 1.29 is 23.8 Å². The molecule has 0 radical (unpaired) electrons. The van der Waals surface area contributed by atoms with Crippen LogP contribution in [0.3, 0.4) is 0 Å². The van der Waals surface area contributed by atoms with Crippen molar-refractivity contribution in [2.75, 3.05) is 0 Å². The number of epoxide rings is 1. The van der Waals surface area contributed by atoms with Crippen LogP contribution in [-0.4, -0.2) is 35.9 Å². The summed E-state index contributed by atoms with van der Waals surface area (Å²) in [5.41, 5.74) is 1.76. The SMILES string of the molecule is CC(=O)O[C@@H]1O[C@@H]([C@H]2OC2(C)C)C[C@H]1[C@H]1CC[C@]2(C)C3=CC[C@@H]4C(C)(C)C(=O)CC[C@@]4(C)[C@@H]3CC[C@@]12C. The second-order valence-corrected chi connectivity index (χ2v) is 15.3. The quantitative estimate of drug-likeness (QED) is 0.241. The molecular weight excluding hydrogens is 464 g/mol. The maximum Gasteiger partial charge on any atom is 0.304 e. The highest BCUT2D eigenvalue weighted by Crippen LogP contribution is 2.73. The van der Waals surface area contributed by atoms with E-state index < -0.39 is 6.29 Å². The molecule has 2 heterocycles. The van der Waals surface area contributed by atoms with Crippen LogP contribution in [-0.2, 0) is 23.8 Å². The van der Waals surface area contributed by atoms with E-state index >= 15 is 0 Å². The lowest BCUT2D eigenvalue weighted by Crippen LogP contribution is -2.57. The predicted octanol–water partition coefficient (Wildman–Crippen LogP) is 6.63. The van der Waals surface area contributed by atoms with E-state index in [-0.39, 0.29) is 51.4 Å². The van der Waals surface area contributed by atoms with Crippen molar-refractivity contribution >= 4 is 11.8 Å². The lowest BCUT2D eigenvalue weighted by atomic mass is 9.41. The fourth-order valence-electron chi connectivity index (χ4n) is 10.6. The molecule has 37 heavy (non-hydrogen) atoms. The minimum atomic E-state index is -0.475. The first-order valence-electron chi connectivity index (χ1n) is 14.9. The fourth-order valence-corrected chi connectivity index (χ4v) is 10.6. The molecule has 0 aromatic heterocycles. The zero-order valence-corrected chi connectivity index (χ0v) is 24.3. The molecule has 6 rings (SSSR count). The zero-order chi connectivity index (χ0) is 26.8. The molecule has 206 valence electrons. The molecule has 2 saturated heterocycles. The second kappa shape index (κ2) is 7.93. The Hall–Kier alpha value is -1.20. The molecular formula is C32H48O5. The molecule has 4 aliphatic carbocycles. The first kappa shape index (κ1) is 26.0. The number of hydrogen-bond acceptors (Lipinski definition) is 5. The molecule has 0 unspecified atom stereocenters. The van der Waals surface area contributed by atoms with E-state index in [9.17, 15) is 9.59 Å². The lowest BCUT2D eigenvalue weighted by Gasteiger charge is -2.63. The molecule has 2 aliphatic heterocycles. The van der Waals surface area contributed by atoms with Crippen LogP contribution >= 0.6 is 0 Å². The van der Waals surface area contributed by atoms with Crippen LogP contribution in [0.5, 0.6) is 0 Å². The second-order valence-electron chi connectivity index (χ2n) is 15.3. The standard InChI is InChI=1S/C32H48O5/c1-18(33)35-27-19(17-23(36-27)26-29(4,5)37-26)20-11-15-32(8)22-9-10-24-28(2,3)25(34)13-14-30(24,6)21(22)12-16-31(20,32)7/h9,19-21,23-24,26-27H,10-17H2,1-8H3/t19-,20+,21+,23+,24+,26+,27+,30-,31-,32+/m0/s1. The molecule has 0 aromatic rings. The Balaban J connectivity index is 1.31. The van der Waals surface area contributed by atoms with Crippen molar-refractivity contribution in [3.8, 4) is 0 Å². The Morgan fingerprint density at radius 3 is 2.38 bits per heavy atom. The van der Waals surface area contributed by atoms with Gasteiger partial charge in [0.1, 0.15) is 11.9 Å². The van der Waals surface area contributed by atoms with Crippen LogP contribution in [0, 0.1) is 45.3 Å². The van der Waals surface area contributed by atoms with Crippen LogP contribution < -0.4 is 0 Å². The van der Waals surface area contributed by atoms with E-state index in [1.807, 2.05) is 0 Å². The van der Waals surface area contributed by atoms with E-state index in [1.165, 1.54) is 26.2 Å². The average Bonchev–Trinajstić information content (AvgIpc) is 3.12. The monoisotopic (exact) mass is 512 g/mol. The predicted molar refractivity (Wildman–Crippen MR) is 141 cm³/mol. The van der Waals surface area contributed by atoms with Gasteiger partial charge in [0.25, 0.3) is 0 Å². The van der Waals surface area contributed by atoms with Gasteiger partial charge in [0, 0.05) is 24.7 Å². The minimum Gasteiger partial charge on any atom is -0.436 e. The summed E-state index contributed by atoms with van der Waals surface area (Å²) >= 11 is 0. The third kappa shape index (κ3) is 3.47. The molecule has 6 aliphatic rings. The third-order valence-electron chi connectivity index (χ3n) is 13.0. The van der Waals surface area contributed by atoms with Crippen molar-refractivity contribution in [2.45, 2.75) is 131 Å². The number of fused-ring (bicyclic) bond motifs is 5. The van der Waals surface area contributed by atoms with E-state index in [4.69, 9.17) is 14.2 Å². The summed E-state index contributed by atoms with van der Waals surface area (Å²) in [7, 11) is 0. The van der Waals surface area contributed by atoms with Gasteiger partial charge in [-0.2, -0.15) is 0 Å². The summed E-state index contributed by atoms with van der Waals surface area (Å²) in [4.78, 5) is 25.0. The lowest BCUT2D eigenvalue weighted by molar-refractivity contribution is -0.186. The van der Waals surface area contributed by atoms with Gasteiger partial charge in [-0.15, -0.1) is 0 Å². The molecule has 0 spiro atoms. The summed E-state index contributed by atoms with van der Waals surface area (Å²) < 4.78 is 18.2. The van der Waals surface area contributed by atoms with Crippen LogP contribution in [0.1, 0.15) is 107 Å². The maximum absolute atomic E-state index is 12.9. The zero-order valence-electron chi connectivity index (χ0n) is 24.3. The minimum absolute atomic E-state index is 0.00767. The van der Waals surface area contributed by atoms with Gasteiger partial charge in [-0.05, 0) is 92.8 Å². The highest BCUT2D eigenvalue weighted by atomic mass is 16.7. The molecule has 5 nitrogen and oxygen atoms in total. The summed E-state index contributed by atoms with van der Waals surface area (Å²) in [6.07, 6.45) is 10.6. The highest BCUT2D eigenvalue weighted by molar-refractivity contribution is 5.85. The van der Waals surface area contributed by atoms with Gasteiger partial charge in [-0.1, -0.05) is 46.3 Å². The number of allylic oxidation sites excluding steroid dienone is 2. The summed E-state index contributed by atoms with van der Waals surface area (Å²) in [6.45, 7) is 17.7. The topological polar surface area (TPSA) is 65.1 Å². The molecule has 5 heteroatoms. The van der Waals surface area contributed by atoms with Gasteiger partial charge >= 0.3 is 5.97 Å². The number of rotatable bonds is 3. The molecule has 3 saturated carbocycles. The number of carbonyl (C=O) groups excluding carboxylic acids is 2. The van der Waals surface area contributed by atoms with Crippen LogP contribution in [0.25, 0.3) is 0 Å². The fraction of sp³-hybridized carbons (Fsp3) is 0.875. The van der Waals surface area contributed by atoms with Gasteiger partial charge in [-0.25, -0.2) is 0 Å². The van der Waals surface area contributed by atoms with Crippen LogP contribution in [0.4, 0.5) is 0 Å². The number of ether oxygens (including phenoxy) is 3. The van der Waals surface area contributed by atoms with Crippen LogP contribution in [0.2, 0.25) is 0 Å². The van der Waals surface area contributed by atoms with Gasteiger partial charge < -0.3 is 14.2 Å². The Morgan fingerprint density at radius 1 is 1.03 bits per heavy atom. The summed E-state index contributed by atoms with van der Waals surface area (Å²) in [5, 5.41) is 0. The average molecular weight is 513 g/mol. The summed E-state index contributed by atoms with van der Waals surface area (Å²) in [6, 6.07) is 0. The van der Waals surface area contributed by atoms with E-state index in [1.54, 1.807) is 5.57 Å². The largest absolute Gasteiger partial charge is 0.436 e. The normalized spacial score (nSPS) is 51.5. The van der Waals surface area contributed by atoms with Crippen molar-refractivity contribution in [3.63, 3.8) is 0 Å². The van der Waals surface area contributed by atoms with E-state index in [0.717, 1.165) is 32.1 Å². The molecule has 0 amide bonds. The Bertz CT molecular complexity index is 1040. The first-order valence-corrected chi connectivity index (χ1v) is 14.9. The van der Waals surface area contributed by atoms with Crippen LogP contribution in [0.15, 0.2) is 11.6 Å². The van der Waals surface area contributed by atoms with Crippen molar-refractivity contribution in [2.24, 2.45) is 45.3 Å².